The van der Waals surface area contributed by atoms with Gasteiger partial charge in [0, 0.05) is 35.6 Å². The second kappa shape index (κ2) is 11.6. The maximum Gasteiger partial charge on any atom is 0.332 e. The van der Waals surface area contributed by atoms with E-state index in [0.717, 1.165) is 10.1 Å². The Morgan fingerprint density at radius 1 is 1.03 bits per heavy atom. The normalized spacial score (nSPS) is 11.5. The number of methoxy groups -OCH3 is 1. The first-order valence-electron chi connectivity index (χ1n) is 11.5. The van der Waals surface area contributed by atoms with Gasteiger partial charge in [0.05, 0.1) is 19.6 Å². The monoisotopic (exact) mass is 520 g/mol. The minimum absolute atomic E-state index is 0.106. The SMILES string of the molecule is COC(=O)[C@@H](C)Cn1c(=O)cc(Nc2ccc(Oc3ccccn3)cc2)n(Cc2ccc(Cl)cc2)c1=O. The van der Waals surface area contributed by atoms with Crippen molar-refractivity contribution in [2.24, 2.45) is 5.92 Å². The van der Waals surface area contributed by atoms with Gasteiger partial charge in [-0.2, -0.15) is 0 Å². The number of nitrogens with zero attached hydrogens (tertiary/aromatic N) is 3. The Bertz CT molecular complexity index is 1480. The van der Waals surface area contributed by atoms with Crippen LogP contribution in [0.5, 0.6) is 11.6 Å². The number of benzene rings is 2. The molecule has 9 nitrogen and oxygen atoms in total. The maximum atomic E-state index is 13.5. The Labute approximate surface area is 217 Å². The molecule has 4 aromatic rings. The Morgan fingerprint density at radius 3 is 2.41 bits per heavy atom. The van der Waals surface area contributed by atoms with Crippen LogP contribution < -0.4 is 21.3 Å². The van der Waals surface area contributed by atoms with Gasteiger partial charge in [0.2, 0.25) is 5.88 Å². The highest BCUT2D eigenvalue weighted by Gasteiger charge is 2.19. The lowest BCUT2D eigenvalue weighted by molar-refractivity contribution is -0.145. The number of halogens is 1. The third-order valence-corrected chi connectivity index (χ3v) is 5.83. The van der Waals surface area contributed by atoms with Gasteiger partial charge in [-0.25, -0.2) is 9.78 Å². The van der Waals surface area contributed by atoms with Crippen molar-refractivity contribution in [3.05, 3.63) is 110 Å². The summed E-state index contributed by atoms with van der Waals surface area (Å²) in [6, 6.07) is 20.8. The summed E-state index contributed by atoms with van der Waals surface area (Å²) in [6.45, 7) is 1.67. The number of esters is 1. The van der Waals surface area contributed by atoms with E-state index in [-0.39, 0.29) is 13.1 Å². The molecule has 10 heteroatoms. The first-order valence-corrected chi connectivity index (χ1v) is 11.8. The van der Waals surface area contributed by atoms with E-state index < -0.39 is 23.1 Å². The van der Waals surface area contributed by atoms with Gasteiger partial charge < -0.3 is 14.8 Å². The molecule has 37 heavy (non-hydrogen) atoms. The first kappa shape index (κ1) is 25.7. The topological polar surface area (TPSA) is 104 Å². The number of carbonyl (C=O) groups is 1. The zero-order valence-corrected chi connectivity index (χ0v) is 21.0. The van der Waals surface area contributed by atoms with E-state index in [0.29, 0.717) is 28.2 Å². The fourth-order valence-corrected chi connectivity index (χ4v) is 3.77. The first-order chi connectivity index (χ1) is 17.8. The number of anilines is 2. The van der Waals surface area contributed by atoms with E-state index in [1.165, 1.54) is 17.7 Å². The average molecular weight is 521 g/mol. The van der Waals surface area contributed by atoms with Crippen molar-refractivity contribution in [1.29, 1.82) is 0 Å². The second-order valence-corrected chi connectivity index (χ2v) is 8.75. The molecule has 1 atom stereocenters. The van der Waals surface area contributed by atoms with Gasteiger partial charge in [-0.3, -0.25) is 18.7 Å². The summed E-state index contributed by atoms with van der Waals surface area (Å²) >= 11 is 6.01. The molecular weight excluding hydrogens is 496 g/mol. The van der Waals surface area contributed by atoms with E-state index >= 15 is 0 Å². The molecule has 0 aliphatic rings. The third-order valence-electron chi connectivity index (χ3n) is 5.58. The lowest BCUT2D eigenvalue weighted by Crippen LogP contribution is -2.42. The summed E-state index contributed by atoms with van der Waals surface area (Å²) < 4.78 is 12.9. The van der Waals surface area contributed by atoms with Crippen LogP contribution in [-0.2, 0) is 22.6 Å². The minimum atomic E-state index is -0.676. The molecule has 0 aliphatic heterocycles. The van der Waals surface area contributed by atoms with Crippen molar-refractivity contribution in [2.75, 3.05) is 12.4 Å². The largest absolute Gasteiger partial charge is 0.469 e. The van der Waals surface area contributed by atoms with Gasteiger partial charge in [0.1, 0.15) is 11.6 Å². The fraction of sp³-hybridized carbons (Fsp3) is 0.185. The molecule has 2 aromatic carbocycles. The van der Waals surface area contributed by atoms with Crippen LogP contribution >= 0.6 is 11.6 Å². The van der Waals surface area contributed by atoms with Crippen LogP contribution in [0.2, 0.25) is 5.02 Å². The lowest BCUT2D eigenvalue weighted by atomic mass is 10.2. The Hall–Kier alpha value is -4.37. The van der Waals surface area contributed by atoms with Crippen molar-refractivity contribution in [3.63, 3.8) is 0 Å². The quantitative estimate of drug-likeness (QED) is 0.325. The van der Waals surface area contributed by atoms with Crippen LogP contribution in [0.4, 0.5) is 11.5 Å². The molecule has 0 bridgehead atoms. The maximum absolute atomic E-state index is 13.5. The summed E-state index contributed by atoms with van der Waals surface area (Å²) in [7, 11) is 1.26. The van der Waals surface area contributed by atoms with E-state index in [1.807, 2.05) is 6.07 Å². The van der Waals surface area contributed by atoms with Crippen molar-refractivity contribution in [3.8, 4) is 11.6 Å². The molecule has 190 valence electrons. The van der Waals surface area contributed by atoms with E-state index in [9.17, 15) is 14.4 Å². The van der Waals surface area contributed by atoms with Crippen LogP contribution in [0.1, 0.15) is 12.5 Å². The number of hydrogen-bond donors (Lipinski definition) is 1. The predicted molar refractivity (Wildman–Crippen MR) is 141 cm³/mol. The molecule has 0 amide bonds. The van der Waals surface area contributed by atoms with Gasteiger partial charge >= 0.3 is 11.7 Å². The molecule has 0 saturated heterocycles. The highest BCUT2D eigenvalue weighted by molar-refractivity contribution is 6.30. The molecular formula is C27H25ClN4O5. The lowest BCUT2D eigenvalue weighted by Gasteiger charge is -2.18. The smallest absolute Gasteiger partial charge is 0.332 e. The molecule has 0 fully saturated rings. The second-order valence-electron chi connectivity index (χ2n) is 8.32. The van der Waals surface area contributed by atoms with Gasteiger partial charge in [-0.1, -0.05) is 36.7 Å². The zero-order valence-electron chi connectivity index (χ0n) is 20.3. The molecule has 4 rings (SSSR count). The van der Waals surface area contributed by atoms with Crippen molar-refractivity contribution >= 4 is 29.1 Å². The molecule has 0 unspecified atom stereocenters. The number of nitrogens with one attached hydrogen (secondary N) is 1. The number of pyridine rings is 1. The Morgan fingerprint density at radius 2 is 1.76 bits per heavy atom. The molecule has 0 radical (unpaired) electrons. The van der Waals surface area contributed by atoms with Crippen molar-refractivity contribution in [1.82, 2.24) is 14.1 Å². The summed E-state index contributed by atoms with van der Waals surface area (Å²) in [5.74, 6) is 0.153. The molecule has 0 spiro atoms. The Balaban J connectivity index is 1.66. The Kier molecular flexibility index (Phi) is 8.05. The molecule has 2 aromatic heterocycles. The van der Waals surface area contributed by atoms with E-state index in [4.69, 9.17) is 21.1 Å². The van der Waals surface area contributed by atoms with Crippen LogP contribution in [0, 0.1) is 5.92 Å². The highest BCUT2D eigenvalue weighted by atomic mass is 35.5. The van der Waals surface area contributed by atoms with Crippen LogP contribution in [0.3, 0.4) is 0 Å². The number of aromatic nitrogens is 3. The molecule has 0 aliphatic carbocycles. The number of rotatable bonds is 9. The molecule has 2 heterocycles. The summed E-state index contributed by atoms with van der Waals surface area (Å²) in [4.78, 5) is 42.4. The van der Waals surface area contributed by atoms with Crippen molar-refractivity contribution < 1.29 is 14.3 Å². The minimum Gasteiger partial charge on any atom is -0.469 e. The molecule has 1 N–H and O–H groups in total. The van der Waals surface area contributed by atoms with Gasteiger partial charge in [0.25, 0.3) is 5.56 Å². The summed E-state index contributed by atoms with van der Waals surface area (Å²) in [6.07, 6.45) is 1.64. The van der Waals surface area contributed by atoms with Crippen LogP contribution in [-0.4, -0.2) is 27.2 Å². The van der Waals surface area contributed by atoms with Gasteiger partial charge in [-0.15, -0.1) is 0 Å². The zero-order chi connectivity index (χ0) is 26.4. The van der Waals surface area contributed by atoms with Crippen LogP contribution in [0.15, 0.2) is 88.6 Å². The summed E-state index contributed by atoms with van der Waals surface area (Å²) in [5.41, 5.74) is 0.346. The summed E-state index contributed by atoms with van der Waals surface area (Å²) in [5, 5.41) is 3.72. The van der Waals surface area contributed by atoms with E-state index in [2.05, 4.69) is 10.3 Å². The third kappa shape index (κ3) is 6.45. The van der Waals surface area contributed by atoms with Crippen molar-refractivity contribution in [2.45, 2.75) is 20.0 Å². The fourth-order valence-electron chi connectivity index (χ4n) is 3.64. The number of hydrogen-bond acceptors (Lipinski definition) is 7. The predicted octanol–water partition coefficient (Wildman–Crippen LogP) is 4.45. The van der Waals surface area contributed by atoms with Crippen LogP contribution in [0.25, 0.3) is 0 Å². The standard InChI is InChI=1S/C27H25ClN4O5/c1-18(26(34)36-2)16-32-25(33)15-23(31(27(32)35)17-19-6-8-20(28)9-7-19)30-21-10-12-22(13-11-21)37-24-5-3-4-14-29-24/h3-15,18,30H,16-17H2,1-2H3/t18-/m0/s1. The highest BCUT2D eigenvalue weighted by Crippen LogP contribution is 2.23. The van der Waals surface area contributed by atoms with Gasteiger partial charge in [0.15, 0.2) is 0 Å². The van der Waals surface area contributed by atoms with Gasteiger partial charge in [-0.05, 0) is 48.0 Å². The van der Waals surface area contributed by atoms with E-state index in [1.54, 1.807) is 73.8 Å². The number of ether oxygens (including phenoxy) is 2. The number of carbonyl (C=O) groups excluding carboxylic acids is 1. The average Bonchev–Trinajstić information content (AvgIpc) is 2.91. The molecule has 0 saturated carbocycles.